The second-order valence-electron chi connectivity index (χ2n) is 5.99. The standard InChI is InChI=1S/C20H18N4O5S/c1-2-29-19(26)14-3-5-15(6-4-14)22-18(25)13-30-20-21-11-12-23(20)16-7-9-17(10-8-16)24(27)28/h3-12H,2,13H2,1H3,(H,22,25). The summed E-state index contributed by atoms with van der Waals surface area (Å²) < 4.78 is 6.67. The monoisotopic (exact) mass is 426 g/mol. The van der Waals surface area contributed by atoms with Gasteiger partial charge in [-0.3, -0.25) is 19.5 Å². The Bertz CT molecular complexity index is 1050. The number of benzene rings is 2. The number of hydrogen-bond acceptors (Lipinski definition) is 7. The quantitative estimate of drug-likeness (QED) is 0.253. The summed E-state index contributed by atoms with van der Waals surface area (Å²) in [4.78, 5) is 38.5. The molecule has 1 aromatic heterocycles. The highest BCUT2D eigenvalue weighted by molar-refractivity contribution is 7.99. The number of aromatic nitrogens is 2. The van der Waals surface area contributed by atoms with E-state index >= 15 is 0 Å². The summed E-state index contributed by atoms with van der Waals surface area (Å²) in [5.41, 5.74) is 1.68. The molecular formula is C20H18N4O5S. The molecule has 0 saturated heterocycles. The van der Waals surface area contributed by atoms with Crippen LogP contribution in [0.2, 0.25) is 0 Å². The highest BCUT2D eigenvalue weighted by atomic mass is 32.2. The van der Waals surface area contributed by atoms with Crippen LogP contribution in [0.4, 0.5) is 11.4 Å². The molecule has 0 aliphatic heterocycles. The summed E-state index contributed by atoms with van der Waals surface area (Å²) in [6.45, 7) is 2.03. The third-order valence-corrected chi connectivity index (χ3v) is 4.92. The molecular weight excluding hydrogens is 408 g/mol. The SMILES string of the molecule is CCOC(=O)c1ccc(NC(=O)CSc2nccn2-c2ccc([N+](=O)[O-])cc2)cc1. The van der Waals surface area contributed by atoms with Gasteiger partial charge in [-0.15, -0.1) is 0 Å². The Balaban J connectivity index is 1.59. The van der Waals surface area contributed by atoms with Gasteiger partial charge in [0, 0.05) is 35.9 Å². The molecule has 154 valence electrons. The van der Waals surface area contributed by atoms with E-state index in [0.29, 0.717) is 28.7 Å². The molecule has 3 rings (SSSR count). The van der Waals surface area contributed by atoms with Crippen molar-refractivity contribution in [1.29, 1.82) is 0 Å². The molecule has 0 saturated carbocycles. The van der Waals surface area contributed by atoms with Crippen molar-refractivity contribution in [2.24, 2.45) is 0 Å². The second kappa shape index (κ2) is 9.70. The van der Waals surface area contributed by atoms with E-state index in [9.17, 15) is 19.7 Å². The normalized spacial score (nSPS) is 10.4. The number of amides is 1. The summed E-state index contributed by atoms with van der Waals surface area (Å²) in [5.74, 6) is -0.532. The van der Waals surface area contributed by atoms with Crippen molar-refractivity contribution < 1.29 is 19.2 Å². The van der Waals surface area contributed by atoms with Gasteiger partial charge in [0.05, 0.1) is 22.8 Å². The van der Waals surface area contributed by atoms with Gasteiger partial charge in [-0.25, -0.2) is 9.78 Å². The molecule has 30 heavy (non-hydrogen) atoms. The first-order valence-electron chi connectivity index (χ1n) is 8.96. The van der Waals surface area contributed by atoms with Gasteiger partial charge in [-0.1, -0.05) is 11.8 Å². The van der Waals surface area contributed by atoms with Crippen LogP contribution in [-0.2, 0) is 9.53 Å². The predicted octanol–water partition coefficient (Wildman–Crippen LogP) is 3.69. The van der Waals surface area contributed by atoms with Gasteiger partial charge in [-0.05, 0) is 43.3 Å². The molecule has 0 fully saturated rings. The number of thioether (sulfide) groups is 1. The first kappa shape index (κ1) is 21.1. The molecule has 0 atom stereocenters. The molecule has 1 heterocycles. The fourth-order valence-electron chi connectivity index (χ4n) is 2.56. The Hall–Kier alpha value is -3.66. The third-order valence-electron chi connectivity index (χ3n) is 3.96. The average Bonchev–Trinajstić information content (AvgIpc) is 3.21. The minimum atomic E-state index is -0.461. The van der Waals surface area contributed by atoms with Crippen molar-refractivity contribution in [3.05, 3.63) is 76.6 Å². The van der Waals surface area contributed by atoms with Gasteiger partial charge >= 0.3 is 5.97 Å². The molecule has 0 bridgehead atoms. The number of carbonyl (C=O) groups excluding carboxylic acids is 2. The topological polar surface area (TPSA) is 116 Å². The van der Waals surface area contributed by atoms with Gasteiger partial charge in [0.15, 0.2) is 5.16 Å². The Kier molecular flexibility index (Phi) is 6.81. The average molecular weight is 426 g/mol. The Morgan fingerprint density at radius 1 is 1.17 bits per heavy atom. The Morgan fingerprint density at radius 2 is 1.87 bits per heavy atom. The maximum absolute atomic E-state index is 12.3. The van der Waals surface area contributed by atoms with Crippen molar-refractivity contribution in [2.45, 2.75) is 12.1 Å². The Labute approximate surface area is 176 Å². The summed E-state index contributed by atoms with van der Waals surface area (Å²) in [5, 5.41) is 14.1. The largest absolute Gasteiger partial charge is 0.462 e. The zero-order chi connectivity index (χ0) is 21.5. The number of nitro groups is 1. The first-order valence-corrected chi connectivity index (χ1v) is 9.94. The summed E-state index contributed by atoms with van der Waals surface area (Å²) in [6, 6.07) is 12.5. The number of ether oxygens (including phenoxy) is 1. The van der Waals surface area contributed by atoms with Crippen LogP contribution in [0.5, 0.6) is 0 Å². The van der Waals surface area contributed by atoms with E-state index in [4.69, 9.17) is 4.74 Å². The fourth-order valence-corrected chi connectivity index (χ4v) is 3.33. The highest BCUT2D eigenvalue weighted by Gasteiger charge is 2.12. The van der Waals surface area contributed by atoms with Gasteiger partial charge in [0.25, 0.3) is 5.69 Å². The van der Waals surface area contributed by atoms with E-state index in [-0.39, 0.29) is 17.3 Å². The zero-order valence-corrected chi connectivity index (χ0v) is 16.8. The van der Waals surface area contributed by atoms with Crippen LogP contribution in [0.25, 0.3) is 5.69 Å². The number of anilines is 1. The van der Waals surface area contributed by atoms with Crippen molar-refractivity contribution in [2.75, 3.05) is 17.7 Å². The number of rotatable bonds is 8. The first-order chi connectivity index (χ1) is 14.5. The molecule has 1 N–H and O–H groups in total. The molecule has 0 aliphatic carbocycles. The second-order valence-corrected chi connectivity index (χ2v) is 6.93. The van der Waals surface area contributed by atoms with Crippen molar-refractivity contribution in [3.63, 3.8) is 0 Å². The lowest BCUT2D eigenvalue weighted by molar-refractivity contribution is -0.384. The molecule has 0 aliphatic rings. The van der Waals surface area contributed by atoms with Crippen LogP contribution >= 0.6 is 11.8 Å². The number of nitro benzene ring substituents is 1. The fraction of sp³-hybridized carbons (Fsp3) is 0.150. The van der Waals surface area contributed by atoms with E-state index in [2.05, 4.69) is 10.3 Å². The lowest BCUT2D eigenvalue weighted by Crippen LogP contribution is -2.14. The smallest absolute Gasteiger partial charge is 0.338 e. The molecule has 0 unspecified atom stereocenters. The van der Waals surface area contributed by atoms with E-state index < -0.39 is 10.9 Å². The van der Waals surface area contributed by atoms with Crippen LogP contribution in [0, 0.1) is 10.1 Å². The van der Waals surface area contributed by atoms with Crippen LogP contribution in [0.15, 0.2) is 66.1 Å². The highest BCUT2D eigenvalue weighted by Crippen LogP contribution is 2.22. The lowest BCUT2D eigenvalue weighted by Gasteiger charge is -2.08. The predicted molar refractivity (Wildman–Crippen MR) is 112 cm³/mol. The molecule has 1 amide bonds. The van der Waals surface area contributed by atoms with Crippen LogP contribution in [0.3, 0.4) is 0 Å². The number of non-ortho nitro benzene ring substituents is 1. The van der Waals surface area contributed by atoms with Gasteiger partial charge in [0.2, 0.25) is 5.91 Å². The summed E-state index contributed by atoms with van der Waals surface area (Å²) in [7, 11) is 0. The van der Waals surface area contributed by atoms with Gasteiger partial charge in [0.1, 0.15) is 0 Å². The number of nitrogens with one attached hydrogen (secondary N) is 1. The molecule has 3 aromatic rings. The van der Waals surface area contributed by atoms with Crippen LogP contribution < -0.4 is 5.32 Å². The number of imidazole rings is 1. The van der Waals surface area contributed by atoms with Crippen molar-refractivity contribution in [1.82, 2.24) is 9.55 Å². The lowest BCUT2D eigenvalue weighted by atomic mass is 10.2. The minimum Gasteiger partial charge on any atom is -0.462 e. The molecule has 0 radical (unpaired) electrons. The van der Waals surface area contributed by atoms with E-state index in [0.717, 1.165) is 0 Å². The van der Waals surface area contributed by atoms with E-state index in [1.165, 1.54) is 23.9 Å². The Morgan fingerprint density at radius 3 is 2.50 bits per heavy atom. The zero-order valence-electron chi connectivity index (χ0n) is 16.0. The van der Waals surface area contributed by atoms with Crippen molar-refractivity contribution >= 4 is 35.0 Å². The number of carbonyl (C=O) groups is 2. The maximum atomic E-state index is 12.3. The van der Waals surface area contributed by atoms with Crippen molar-refractivity contribution in [3.8, 4) is 5.69 Å². The van der Waals surface area contributed by atoms with E-state index in [1.807, 2.05) is 0 Å². The summed E-state index contributed by atoms with van der Waals surface area (Å²) >= 11 is 1.23. The number of nitrogens with zero attached hydrogens (tertiary/aromatic N) is 3. The summed E-state index contributed by atoms with van der Waals surface area (Å²) in [6.07, 6.45) is 3.31. The van der Waals surface area contributed by atoms with Gasteiger partial charge < -0.3 is 10.1 Å². The molecule has 9 nitrogen and oxygen atoms in total. The van der Waals surface area contributed by atoms with Crippen LogP contribution in [-0.4, -0.2) is 38.7 Å². The molecule has 10 heteroatoms. The number of esters is 1. The number of hydrogen-bond donors (Lipinski definition) is 1. The molecule has 0 spiro atoms. The third kappa shape index (κ3) is 5.23. The van der Waals surface area contributed by atoms with Gasteiger partial charge in [-0.2, -0.15) is 0 Å². The van der Waals surface area contributed by atoms with E-state index in [1.54, 1.807) is 60.3 Å². The molecule has 2 aromatic carbocycles. The maximum Gasteiger partial charge on any atom is 0.338 e. The van der Waals surface area contributed by atoms with Crippen LogP contribution in [0.1, 0.15) is 17.3 Å². The minimum absolute atomic E-state index is 0.00132.